The number of hydrogen-bond donors (Lipinski definition) is 1. The zero-order valence-corrected chi connectivity index (χ0v) is 18.3. The quantitative estimate of drug-likeness (QED) is 0.403. The molecule has 0 saturated heterocycles. The molecule has 0 bridgehead atoms. The van der Waals surface area contributed by atoms with Crippen LogP contribution in [0.5, 0.6) is 5.75 Å². The molecule has 3 nitrogen and oxygen atoms in total. The molecule has 0 heterocycles. The largest absolute Gasteiger partial charge is 0.489 e. The molecule has 1 amide bonds. The number of hydrogen-bond acceptors (Lipinski definition) is 2. The topological polar surface area (TPSA) is 38.3 Å². The van der Waals surface area contributed by atoms with Gasteiger partial charge in [-0.05, 0) is 66.8 Å². The van der Waals surface area contributed by atoms with Crippen molar-refractivity contribution >= 4 is 23.2 Å². The van der Waals surface area contributed by atoms with Crippen LogP contribution in [0, 0.1) is 0 Å². The van der Waals surface area contributed by atoms with Gasteiger partial charge >= 0.3 is 0 Å². The van der Waals surface area contributed by atoms with Crippen LogP contribution < -0.4 is 10.1 Å². The fourth-order valence-corrected chi connectivity index (χ4v) is 3.37. The summed E-state index contributed by atoms with van der Waals surface area (Å²) in [5.41, 5.74) is 3.98. The van der Waals surface area contributed by atoms with Crippen molar-refractivity contribution in [2.45, 2.75) is 45.6 Å². The van der Waals surface area contributed by atoms with Crippen LogP contribution in [0.1, 0.15) is 49.3 Å². The van der Waals surface area contributed by atoms with Crippen LogP contribution in [0.3, 0.4) is 0 Å². The Hall–Kier alpha value is -2.78. The Morgan fingerprint density at radius 1 is 1.03 bits per heavy atom. The molecule has 156 valence electrons. The predicted octanol–water partition coefficient (Wildman–Crippen LogP) is 7.00. The van der Waals surface area contributed by atoms with Gasteiger partial charge in [0.1, 0.15) is 12.4 Å². The van der Waals surface area contributed by atoms with Gasteiger partial charge in [-0.15, -0.1) is 0 Å². The Morgan fingerprint density at radius 3 is 2.47 bits per heavy atom. The molecule has 1 unspecified atom stereocenters. The summed E-state index contributed by atoms with van der Waals surface area (Å²) in [6.07, 6.45) is 3.12. The molecule has 0 saturated carbocycles. The minimum absolute atomic E-state index is 0.0313. The van der Waals surface area contributed by atoms with Crippen molar-refractivity contribution in [1.82, 2.24) is 0 Å². The normalized spacial score (nSPS) is 11.7. The number of ether oxygens (including phenoxy) is 1. The number of amides is 1. The van der Waals surface area contributed by atoms with Gasteiger partial charge in [0.25, 0.3) is 0 Å². The summed E-state index contributed by atoms with van der Waals surface area (Å²) in [5.74, 6) is 0.524. The van der Waals surface area contributed by atoms with E-state index in [9.17, 15) is 4.79 Å². The Labute approximate surface area is 184 Å². The SMILES string of the molecule is CCCCc1ccc(COc2ccccc2)cc1NC(=O)C(C)c1ccc(Cl)cc1. The molecule has 3 rings (SSSR count). The van der Waals surface area contributed by atoms with E-state index >= 15 is 0 Å². The zero-order valence-electron chi connectivity index (χ0n) is 17.5. The number of rotatable bonds is 9. The maximum atomic E-state index is 12.9. The first-order valence-electron chi connectivity index (χ1n) is 10.4. The maximum Gasteiger partial charge on any atom is 0.231 e. The predicted molar refractivity (Wildman–Crippen MR) is 124 cm³/mol. The summed E-state index contributed by atoms with van der Waals surface area (Å²) in [4.78, 5) is 12.9. The van der Waals surface area contributed by atoms with Crippen molar-refractivity contribution in [3.63, 3.8) is 0 Å². The van der Waals surface area contributed by atoms with E-state index in [2.05, 4.69) is 24.4 Å². The Bertz CT molecular complexity index is 955. The summed E-state index contributed by atoms with van der Waals surface area (Å²) in [6, 6.07) is 23.4. The van der Waals surface area contributed by atoms with E-state index in [1.807, 2.05) is 67.6 Å². The molecule has 30 heavy (non-hydrogen) atoms. The number of unbranched alkanes of at least 4 members (excludes halogenated alkanes) is 1. The molecule has 0 fully saturated rings. The second-order valence-corrected chi connectivity index (χ2v) is 7.90. The second-order valence-electron chi connectivity index (χ2n) is 7.46. The number of anilines is 1. The van der Waals surface area contributed by atoms with Crippen molar-refractivity contribution in [1.29, 1.82) is 0 Å². The Kier molecular flexibility index (Phi) is 7.92. The smallest absolute Gasteiger partial charge is 0.231 e. The van der Waals surface area contributed by atoms with Gasteiger partial charge in [0, 0.05) is 10.7 Å². The number of para-hydroxylation sites is 1. The third-order valence-electron chi connectivity index (χ3n) is 5.14. The van der Waals surface area contributed by atoms with E-state index in [1.54, 1.807) is 0 Å². The van der Waals surface area contributed by atoms with Crippen molar-refractivity contribution in [2.75, 3.05) is 5.32 Å². The molecule has 0 aliphatic heterocycles. The lowest BCUT2D eigenvalue weighted by molar-refractivity contribution is -0.117. The first-order valence-corrected chi connectivity index (χ1v) is 10.8. The lowest BCUT2D eigenvalue weighted by Crippen LogP contribution is -2.20. The molecule has 3 aromatic rings. The van der Waals surface area contributed by atoms with Crippen LogP contribution in [0.2, 0.25) is 5.02 Å². The lowest BCUT2D eigenvalue weighted by atomic mass is 9.99. The van der Waals surface area contributed by atoms with E-state index in [4.69, 9.17) is 16.3 Å². The van der Waals surface area contributed by atoms with Crippen LogP contribution in [-0.4, -0.2) is 5.91 Å². The van der Waals surface area contributed by atoms with Gasteiger partial charge in [-0.25, -0.2) is 0 Å². The maximum absolute atomic E-state index is 12.9. The second kappa shape index (κ2) is 10.8. The van der Waals surface area contributed by atoms with Crippen LogP contribution in [-0.2, 0) is 17.8 Å². The molecule has 0 radical (unpaired) electrons. The van der Waals surface area contributed by atoms with Crippen LogP contribution in [0.4, 0.5) is 5.69 Å². The van der Waals surface area contributed by atoms with Gasteiger partial charge in [-0.1, -0.05) is 67.4 Å². The number of nitrogens with one attached hydrogen (secondary N) is 1. The summed E-state index contributed by atoms with van der Waals surface area (Å²) in [7, 11) is 0. The summed E-state index contributed by atoms with van der Waals surface area (Å²) in [5, 5.41) is 3.81. The molecule has 1 N–H and O–H groups in total. The number of halogens is 1. The van der Waals surface area contributed by atoms with Gasteiger partial charge in [0.2, 0.25) is 5.91 Å². The highest BCUT2D eigenvalue weighted by Crippen LogP contribution is 2.25. The van der Waals surface area contributed by atoms with E-state index in [-0.39, 0.29) is 11.8 Å². The van der Waals surface area contributed by atoms with Crippen molar-refractivity contribution in [3.8, 4) is 5.75 Å². The molecule has 0 aliphatic rings. The van der Waals surface area contributed by atoms with Gasteiger partial charge < -0.3 is 10.1 Å². The monoisotopic (exact) mass is 421 g/mol. The molecule has 3 aromatic carbocycles. The molecular weight excluding hydrogens is 394 g/mol. The minimum Gasteiger partial charge on any atom is -0.489 e. The Morgan fingerprint density at radius 2 is 1.77 bits per heavy atom. The molecule has 0 aromatic heterocycles. The van der Waals surface area contributed by atoms with Crippen molar-refractivity contribution in [2.24, 2.45) is 0 Å². The highest BCUT2D eigenvalue weighted by molar-refractivity contribution is 6.30. The summed E-state index contributed by atoms with van der Waals surface area (Å²) in [6.45, 7) is 4.53. The highest BCUT2D eigenvalue weighted by atomic mass is 35.5. The molecule has 0 spiro atoms. The fraction of sp³-hybridized carbons (Fsp3) is 0.269. The van der Waals surface area contributed by atoms with Crippen LogP contribution in [0.25, 0.3) is 0 Å². The summed E-state index contributed by atoms with van der Waals surface area (Å²) >= 11 is 5.97. The van der Waals surface area contributed by atoms with Crippen molar-refractivity contribution in [3.05, 3.63) is 94.5 Å². The number of carbonyl (C=O) groups is 1. The fourth-order valence-electron chi connectivity index (χ4n) is 3.24. The zero-order chi connectivity index (χ0) is 21.3. The van der Waals surface area contributed by atoms with Gasteiger partial charge in [0.15, 0.2) is 0 Å². The minimum atomic E-state index is -0.273. The van der Waals surface area contributed by atoms with E-state index in [0.29, 0.717) is 11.6 Å². The molecular formula is C26H28ClNO2. The number of benzene rings is 3. The average molecular weight is 422 g/mol. The van der Waals surface area contributed by atoms with Gasteiger partial charge in [0.05, 0.1) is 5.92 Å². The van der Waals surface area contributed by atoms with Gasteiger partial charge in [-0.2, -0.15) is 0 Å². The molecule has 0 aliphatic carbocycles. The van der Waals surface area contributed by atoms with Crippen molar-refractivity contribution < 1.29 is 9.53 Å². The average Bonchev–Trinajstić information content (AvgIpc) is 2.77. The molecule has 4 heteroatoms. The van der Waals surface area contributed by atoms with Crippen LogP contribution >= 0.6 is 11.6 Å². The van der Waals surface area contributed by atoms with E-state index in [0.717, 1.165) is 47.4 Å². The highest BCUT2D eigenvalue weighted by Gasteiger charge is 2.17. The first kappa shape index (κ1) is 21.9. The standard InChI is InChI=1S/C26H28ClNO2/c1-3-4-8-22-12-11-20(18-30-24-9-6-5-7-10-24)17-25(22)28-26(29)19(2)21-13-15-23(27)16-14-21/h5-7,9-17,19H,3-4,8,18H2,1-2H3,(H,28,29). The molecule has 1 atom stereocenters. The van der Waals surface area contributed by atoms with E-state index in [1.165, 1.54) is 0 Å². The third-order valence-corrected chi connectivity index (χ3v) is 5.40. The van der Waals surface area contributed by atoms with E-state index < -0.39 is 0 Å². The number of carbonyl (C=O) groups excluding carboxylic acids is 1. The van der Waals surface area contributed by atoms with Crippen LogP contribution in [0.15, 0.2) is 72.8 Å². The Balaban J connectivity index is 1.75. The van der Waals surface area contributed by atoms with Gasteiger partial charge in [-0.3, -0.25) is 4.79 Å². The third kappa shape index (κ3) is 6.11. The first-order chi connectivity index (χ1) is 14.6. The number of aryl methyl sites for hydroxylation is 1. The lowest BCUT2D eigenvalue weighted by Gasteiger charge is -2.17. The summed E-state index contributed by atoms with van der Waals surface area (Å²) < 4.78 is 5.88.